The van der Waals surface area contributed by atoms with Gasteiger partial charge in [0.25, 0.3) is 11.8 Å². The standard InChI is InChI=1S/C20H26N2O7/c1-13(27-12-14-8-6-5-7-9-14)17(21-19(26)28-20(2,3)4)18(25)29-22-15(23)10-11-16(22)24/h5-9,13,17H,10-12H2,1-4H3,(H,21,26)/t13-,17?/m1/s1. The Kier molecular flexibility index (Phi) is 7.33. The van der Waals surface area contributed by atoms with Gasteiger partial charge in [0.05, 0.1) is 12.7 Å². The first-order chi connectivity index (χ1) is 13.6. The molecule has 0 bridgehead atoms. The smallest absolute Gasteiger partial charge is 0.408 e. The lowest BCUT2D eigenvalue weighted by Crippen LogP contribution is -2.52. The Morgan fingerprint density at radius 2 is 1.69 bits per heavy atom. The molecule has 0 aliphatic carbocycles. The number of nitrogens with one attached hydrogen (secondary N) is 1. The van der Waals surface area contributed by atoms with Gasteiger partial charge in [0, 0.05) is 12.8 Å². The Hall–Kier alpha value is -2.94. The fraction of sp³-hybridized carbons (Fsp3) is 0.500. The third-order valence-electron chi connectivity index (χ3n) is 3.94. The van der Waals surface area contributed by atoms with Crippen LogP contribution in [0.1, 0.15) is 46.1 Å². The summed E-state index contributed by atoms with van der Waals surface area (Å²) in [6.45, 7) is 6.79. The van der Waals surface area contributed by atoms with Crippen molar-refractivity contribution in [2.24, 2.45) is 0 Å². The fourth-order valence-electron chi connectivity index (χ4n) is 2.51. The van der Waals surface area contributed by atoms with Crippen LogP contribution in [0.4, 0.5) is 4.79 Å². The molecule has 29 heavy (non-hydrogen) atoms. The second-order valence-corrected chi connectivity index (χ2v) is 7.62. The molecule has 1 aliphatic rings. The Morgan fingerprint density at radius 1 is 1.10 bits per heavy atom. The van der Waals surface area contributed by atoms with E-state index in [0.717, 1.165) is 5.56 Å². The van der Waals surface area contributed by atoms with Crippen LogP contribution in [0.15, 0.2) is 30.3 Å². The minimum atomic E-state index is -1.30. The topological polar surface area (TPSA) is 111 Å². The third kappa shape index (κ3) is 6.86. The van der Waals surface area contributed by atoms with Crippen molar-refractivity contribution in [1.82, 2.24) is 10.4 Å². The molecule has 1 N–H and O–H groups in total. The van der Waals surface area contributed by atoms with Crippen molar-refractivity contribution in [1.29, 1.82) is 0 Å². The predicted octanol–water partition coefficient (Wildman–Crippen LogP) is 2.09. The van der Waals surface area contributed by atoms with Gasteiger partial charge >= 0.3 is 12.1 Å². The number of hydroxylamine groups is 2. The monoisotopic (exact) mass is 406 g/mol. The molecule has 3 amide bonds. The first kappa shape index (κ1) is 22.4. The van der Waals surface area contributed by atoms with E-state index in [4.69, 9.17) is 14.3 Å². The van der Waals surface area contributed by atoms with E-state index >= 15 is 0 Å². The molecule has 0 spiro atoms. The second kappa shape index (κ2) is 9.51. The molecule has 9 heteroatoms. The maximum Gasteiger partial charge on any atom is 0.408 e. The highest BCUT2D eigenvalue weighted by Gasteiger charge is 2.38. The highest BCUT2D eigenvalue weighted by atomic mass is 16.7. The van der Waals surface area contributed by atoms with Crippen LogP contribution in [0.25, 0.3) is 0 Å². The van der Waals surface area contributed by atoms with Crippen LogP contribution in [0, 0.1) is 0 Å². The molecule has 1 aromatic carbocycles. The Morgan fingerprint density at radius 3 is 2.24 bits per heavy atom. The Labute approximate surface area is 169 Å². The molecule has 1 fully saturated rings. The number of imide groups is 1. The highest BCUT2D eigenvalue weighted by Crippen LogP contribution is 2.15. The van der Waals surface area contributed by atoms with Crippen molar-refractivity contribution in [3.8, 4) is 0 Å². The van der Waals surface area contributed by atoms with E-state index in [1.807, 2.05) is 30.3 Å². The summed E-state index contributed by atoms with van der Waals surface area (Å²) in [7, 11) is 0. The molecule has 0 saturated carbocycles. The summed E-state index contributed by atoms with van der Waals surface area (Å²) in [4.78, 5) is 53.2. The number of carbonyl (C=O) groups is 4. The summed E-state index contributed by atoms with van der Waals surface area (Å²) < 4.78 is 10.9. The fourth-order valence-corrected chi connectivity index (χ4v) is 2.51. The summed E-state index contributed by atoms with van der Waals surface area (Å²) >= 11 is 0. The molecule has 1 aromatic rings. The molecule has 1 unspecified atom stereocenters. The number of carbonyl (C=O) groups excluding carboxylic acids is 4. The molecule has 1 heterocycles. The number of nitrogens with zero attached hydrogens (tertiary/aromatic N) is 1. The summed E-state index contributed by atoms with van der Waals surface area (Å²) in [5.41, 5.74) is 0.0849. The summed E-state index contributed by atoms with van der Waals surface area (Å²) in [5, 5.41) is 2.83. The molecule has 1 aliphatic heterocycles. The third-order valence-corrected chi connectivity index (χ3v) is 3.94. The van der Waals surface area contributed by atoms with Gasteiger partial charge in [0.2, 0.25) is 0 Å². The second-order valence-electron chi connectivity index (χ2n) is 7.62. The Bertz CT molecular complexity index is 742. The first-order valence-corrected chi connectivity index (χ1v) is 9.29. The lowest BCUT2D eigenvalue weighted by atomic mass is 10.1. The molecule has 0 radical (unpaired) electrons. The average molecular weight is 406 g/mol. The van der Waals surface area contributed by atoms with Gasteiger partial charge in [-0.2, -0.15) is 0 Å². The van der Waals surface area contributed by atoms with E-state index in [2.05, 4.69) is 5.32 Å². The molecule has 1 saturated heterocycles. The lowest BCUT2D eigenvalue weighted by molar-refractivity contribution is -0.201. The summed E-state index contributed by atoms with van der Waals surface area (Å²) in [6, 6.07) is 7.96. The van der Waals surface area contributed by atoms with Crippen LogP contribution in [0.3, 0.4) is 0 Å². The van der Waals surface area contributed by atoms with Crippen molar-refractivity contribution in [2.45, 2.75) is 64.9 Å². The van der Waals surface area contributed by atoms with Crippen molar-refractivity contribution in [2.75, 3.05) is 0 Å². The minimum Gasteiger partial charge on any atom is -0.444 e. The van der Waals surface area contributed by atoms with E-state index < -0.39 is 41.6 Å². The molecule has 158 valence electrons. The van der Waals surface area contributed by atoms with Gasteiger partial charge in [-0.15, -0.1) is 5.06 Å². The van der Waals surface area contributed by atoms with Crippen LogP contribution in [0.2, 0.25) is 0 Å². The van der Waals surface area contributed by atoms with Crippen LogP contribution in [0.5, 0.6) is 0 Å². The molecular formula is C20H26N2O7. The van der Waals surface area contributed by atoms with Crippen molar-refractivity contribution in [3.63, 3.8) is 0 Å². The zero-order valence-electron chi connectivity index (χ0n) is 17.0. The number of amides is 3. The molecule has 9 nitrogen and oxygen atoms in total. The van der Waals surface area contributed by atoms with E-state index in [-0.39, 0.29) is 19.4 Å². The van der Waals surface area contributed by atoms with E-state index in [0.29, 0.717) is 5.06 Å². The number of rotatable bonds is 7. The van der Waals surface area contributed by atoms with Gasteiger partial charge in [-0.05, 0) is 33.3 Å². The van der Waals surface area contributed by atoms with Crippen molar-refractivity contribution in [3.05, 3.63) is 35.9 Å². The predicted molar refractivity (Wildman–Crippen MR) is 101 cm³/mol. The van der Waals surface area contributed by atoms with Gasteiger partial charge < -0.3 is 19.6 Å². The van der Waals surface area contributed by atoms with E-state index in [1.165, 1.54) is 0 Å². The first-order valence-electron chi connectivity index (χ1n) is 9.29. The lowest BCUT2D eigenvalue weighted by Gasteiger charge is -2.27. The van der Waals surface area contributed by atoms with Crippen molar-refractivity contribution < 1.29 is 33.5 Å². The van der Waals surface area contributed by atoms with Crippen LogP contribution >= 0.6 is 0 Å². The summed E-state index contributed by atoms with van der Waals surface area (Å²) in [6.07, 6.45) is -1.75. The minimum absolute atomic E-state index is 0.0314. The SMILES string of the molecule is C[C@@H](OCc1ccccc1)C(NC(=O)OC(C)(C)C)C(=O)ON1C(=O)CCC1=O. The number of alkyl carbamates (subject to hydrolysis) is 1. The van der Waals surface area contributed by atoms with Gasteiger partial charge in [0.15, 0.2) is 6.04 Å². The maximum absolute atomic E-state index is 12.6. The Balaban J connectivity index is 2.08. The largest absolute Gasteiger partial charge is 0.444 e. The van der Waals surface area contributed by atoms with Crippen LogP contribution in [-0.2, 0) is 35.3 Å². The zero-order chi connectivity index (χ0) is 21.6. The van der Waals surface area contributed by atoms with E-state index in [1.54, 1.807) is 27.7 Å². The quantitative estimate of drug-likeness (QED) is 0.690. The van der Waals surface area contributed by atoms with Crippen LogP contribution in [-0.4, -0.2) is 46.7 Å². The van der Waals surface area contributed by atoms with Gasteiger partial charge in [-0.3, -0.25) is 9.59 Å². The molecule has 2 atom stereocenters. The van der Waals surface area contributed by atoms with Crippen LogP contribution < -0.4 is 5.32 Å². The van der Waals surface area contributed by atoms with Gasteiger partial charge in [0.1, 0.15) is 5.60 Å². The van der Waals surface area contributed by atoms with Crippen molar-refractivity contribution >= 4 is 23.9 Å². The number of benzene rings is 1. The number of hydrogen-bond acceptors (Lipinski definition) is 7. The zero-order valence-corrected chi connectivity index (χ0v) is 17.0. The van der Waals surface area contributed by atoms with Gasteiger partial charge in [-0.25, -0.2) is 9.59 Å². The highest BCUT2D eigenvalue weighted by molar-refractivity contribution is 6.01. The average Bonchev–Trinajstić information content (AvgIpc) is 2.95. The molecular weight excluding hydrogens is 380 g/mol. The van der Waals surface area contributed by atoms with Gasteiger partial charge in [-0.1, -0.05) is 30.3 Å². The molecule has 0 aromatic heterocycles. The normalized spacial score (nSPS) is 16.3. The molecule has 2 rings (SSSR count). The number of hydrogen-bond donors (Lipinski definition) is 1. The summed E-state index contributed by atoms with van der Waals surface area (Å²) in [5.74, 6) is -2.23. The maximum atomic E-state index is 12.6. The van der Waals surface area contributed by atoms with E-state index in [9.17, 15) is 19.2 Å². The number of ether oxygens (including phenoxy) is 2.